The number of sulfonamides is 1. The molecule has 0 spiro atoms. The van der Waals surface area contributed by atoms with E-state index in [1.54, 1.807) is 12.4 Å². The number of nitrogens with zero attached hydrogens (tertiary/aromatic N) is 2. The number of pyridine rings is 1. The summed E-state index contributed by atoms with van der Waals surface area (Å²) in [7, 11) is -3.17. The first kappa shape index (κ1) is 17.2. The van der Waals surface area contributed by atoms with E-state index < -0.39 is 10.0 Å². The van der Waals surface area contributed by atoms with Crippen LogP contribution in [0.4, 0.5) is 0 Å². The van der Waals surface area contributed by atoms with E-state index in [-0.39, 0.29) is 24.2 Å². The van der Waals surface area contributed by atoms with Crippen molar-refractivity contribution in [2.24, 2.45) is 5.92 Å². The quantitative estimate of drug-likeness (QED) is 0.877. The minimum atomic E-state index is -3.17. The van der Waals surface area contributed by atoms with Gasteiger partial charge in [0, 0.05) is 37.9 Å². The van der Waals surface area contributed by atoms with Gasteiger partial charge in [0.25, 0.3) is 0 Å². The summed E-state index contributed by atoms with van der Waals surface area (Å²) in [5, 5.41) is 2.94. The van der Waals surface area contributed by atoms with Gasteiger partial charge in [-0.15, -0.1) is 12.4 Å². The number of rotatable bonds is 4. The molecule has 0 saturated heterocycles. The number of nitrogens with one attached hydrogen (secondary N) is 1. The van der Waals surface area contributed by atoms with Crippen LogP contribution in [-0.2, 0) is 34.3 Å². The summed E-state index contributed by atoms with van der Waals surface area (Å²) in [6.45, 7) is 1.33. The Morgan fingerprint density at radius 3 is 2.77 bits per heavy atom. The molecule has 8 heteroatoms. The molecule has 1 saturated carbocycles. The topological polar surface area (TPSA) is 79.4 Å². The first-order chi connectivity index (χ1) is 9.95. The molecule has 6 nitrogen and oxygen atoms in total. The summed E-state index contributed by atoms with van der Waals surface area (Å²) in [4.78, 5) is 15.9. The summed E-state index contributed by atoms with van der Waals surface area (Å²) >= 11 is 0. The maximum Gasteiger partial charge on any atom is 0.223 e. The van der Waals surface area contributed by atoms with E-state index in [2.05, 4.69) is 10.3 Å². The van der Waals surface area contributed by atoms with Gasteiger partial charge in [-0.1, -0.05) is 0 Å². The number of halogens is 1. The molecule has 0 bridgehead atoms. The molecule has 1 fully saturated rings. The Hall–Kier alpha value is -1.18. The minimum absolute atomic E-state index is 0. The second-order valence-corrected chi connectivity index (χ2v) is 7.76. The predicted molar refractivity (Wildman–Crippen MR) is 85.0 cm³/mol. The van der Waals surface area contributed by atoms with Crippen LogP contribution >= 0.6 is 12.4 Å². The lowest BCUT2D eigenvalue weighted by molar-refractivity contribution is -0.122. The van der Waals surface area contributed by atoms with Gasteiger partial charge in [-0.3, -0.25) is 9.78 Å². The first-order valence-electron chi connectivity index (χ1n) is 7.12. The van der Waals surface area contributed by atoms with Crippen molar-refractivity contribution in [3.8, 4) is 0 Å². The van der Waals surface area contributed by atoms with Gasteiger partial charge in [0.1, 0.15) is 0 Å². The van der Waals surface area contributed by atoms with E-state index in [1.165, 1.54) is 10.6 Å². The number of carbonyl (C=O) groups is 1. The average molecular weight is 346 g/mol. The molecule has 0 aromatic carbocycles. The Morgan fingerprint density at radius 2 is 2.14 bits per heavy atom. The van der Waals surface area contributed by atoms with Gasteiger partial charge in [-0.2, -0.15) is 4.31 Å². The largest absolute Gasteiger partial charge is 0.352 e. The fourth-order valence-electron chi connectivity index (χ4n) is 2.65. The van der Waals surface area contributed by atoms with Crippen molar-refractivity contribution in [3.05, 3.63) is 29.1 Å². The number of hydrogen-bond acceptors (Lipinski definition) is 4. The zero-order chi connectivity index (χ0) is 15.0. The zero-order valence-electron chi connectivity index (χ0n) is 12.4. The maximum absolute atomic E-state index is 11.7. The van der Waals surface area contributed by atoms with Crippen molar-refractivity contribution in [1.82, 2.24) is 14.6 Å². The molecular weight excluding hydrogens is 326 g/mol. The molecule has 1 aliphatic carbocycles. The molecule has 0 atom stereocenters. The van der Waals surface area contributed by atoms with E-state index in [4.69, 9.17) is 0 Å². The Bertz CT molecular complexity index is 674. The summed E-state index contributed by atoms with van der Waals surface area (Å²) < 4.78 is 24.7. The second-order valence-electron chi connectivity index (χ2n) is 5.77. The van der Waals surface area contributed by atoms with E-state index in [1.807, 2.05) is 0 Å². The van der Waals surface area contributed by atoms with Gasteiger partial charge in [0.15, 0.2) is 0 Å². The molecule has 1 N–H and O–H groups in total. The van der Waals surface area contributed by atoms with E-state index in [0.29, 0.717) is 26.1 Å². The lowest BCUT2D eigenvalue weighted by atomic mass is 9.98. The lowest BCUT2D eigenvalue weighted by Gasteiger charge is -2.27. The van der Waals surface area contributed by atoms with Crippen LogP contribution in [0.1, 0.15) is 29.5 Å². The van der Waals surface area contributed by atoms with Gasteiger partial charge in [-0.25, -0.2) is 8.42 Å². The van der Waals surface area contributed by atoms with Crippen LogP contribution in [0.3, 0.4) is 0 Å². The fraction of sp³-hybridized carbons (Fsp3) is 0.571. The van der Waals surface area contributed by atoms with Crippen LogP contribution in [0.5, 0.6) is 0 Å². The van der Waals surface area contributed by atoms with Crippen molar-refractivity contribution >= 4 is 28.3 Å². The van der Waals surface area contributed by atoms with Crippen LogP contribution in [0.2, 0.25) is 0 Å². The van der Waals surface area contributed by atoms with Gasteiger partial charge >= 0.3 is 0 Å². The summed E-state index contributed by atoms with van der Waals surface area (Å²) in [6.07, 6.45) is 7.35. The van der Waals surface area contributed by atoms with Crippen molar-refractivity contribution in [2.45, 2.75) is 32.4 Å². The highest BCUT2D eigenvalue weighted by molar-refractivity contribution is 7.88. The highest BCUT2D eigenvalue weighted by Crippen LogP contribution is 2.29. The summed E-state index contributed by atoms with van der Waals surface area (Å²) in [5.41, 5.74) is 3.06. The van der Waals surface area contributed by atoms with Gasteiger partial charge < -0.3 is 5.32 Å². The summed E-state index contributed by atoms with van der Waals surface area (Å²) in [5.74, 6) is 0.305. The first-order valence-corrected chi connectivity index (χ1v) is 8.97. The minimum Gasteiger partial charge on any atom is -0.352 e. The highest BCUT2D eigenvalue weighted by atomic mass is 35.5. The van der Waals surface area contributed by atoms with Crippen molar-refractivity contribution in [1.29, 1.82) is 0 Å². The number of aromatic nitrogens is 1. The third-order valence-corrected chi connectivity index (χ3v) is 5.31. The molecule has 0 radical (unpaired) electrons. The summed E-state index contributed by atoms with van der Waals surface area (Å²) in [6, 6.07) is 0. The molecule has 1 aromatic rings. The third kappa shape index (κ3) is 3.77. The SMILES string of the molecule is CS(=O)(=O)N1CCc2c(CNC(=O)C3CC3)cncc2C1.Cl. The molecule has 0 unspecified atom stereocenters. The third-order valence-electron chi connectivity index (χ3n) is 4.06. The van der Waals surface area contributed by atoms with Crippen LogP contribution in [0.15, 0.2) is 12.4 Å². The lowest BCUT2D eigenvalue weighted by Crippen LogP contribution is -2.36. The number of fused-ring (bicyclic) bond motifs is 1. The smallest absolute Gasteiger partial charge is 0.223 e. The Kier molecular flexibility index (Phi) is 5.09. The van der Waals surface area contributed by atoms with Crippen molar-refractivity contribution in [3.63, 3.8) is 0 Å². The molecule has 22 heavy (non-hydrogen) atoms. The molecule has 2 heterocycles. The van der Waals surface area contributed by atoms with E-state index >= 15 is 0 Å². The molecule has 2 aliphatic rings. The number of carbonyl (C=O) groups excluding carboxylic acids is 1. The van der Waals surface area contributed by atoms with Crippen LogP contribution in [0, 0.1) is 5.92 Å². The molecule has 1 amide bonds. The zero-order valence-corrected chi connectivity index (χ0v) is 14.0. The van der Waals surface area contributed by atoms with Crippen LogP contribution in [0.25, 0.3) is 0 Å². The molecular formula is C14H20ClN3O3S. The number of amides is 1. The van der Waals surface area contributed by atoms with Gasteiger partial charge in [-0.05, 0) is 36.0 Å². The van der Waals surface area contributed by atoms with Crippen LogP contribution < -0.4 is 5.32 Å². The predicted octanol–water partition coefficient (Wildman–Crippen LogP) is 0.847. The molecule has 1 aliphatic heterocycles. The van der Waals surface area contributed by atoms with Gasteiger partial charge in [0.2, 0.25) is 15.9 Å². The standard InChI is InChI=1S/C14H19N3O3S.ClH/c1-21(19,20)17-5-4-13-11(6-15-7-12(13)9-17)8-16-14(18)10-2-3-10;/h6-7,10H,2-5,8-9H2,1H3,(H,16,18);1H. The van der Waals surface area contributed by atoms with Crippen molar-refractivity contribution < 1.29 is 13.2 Å². The number of hydrogen-bond donors (Lipinski definition) is 1. The molecule has 3 rings (SSSR count). The average Bonchev–Trinajstić information content (AvgIpc) is 3.27. The van der Waals surface area contributed by atoms with E-state index in [9.17, 15) is 13.2 Å². The second kappa shape index (κ2) is 6.52. The monoisotopic (exact) mass is 345 g/mol. The maximum atomic E-state index is 11.7. The van der Waals surface area contributed by atoms with Crippen molar-refractivity contribution in [2.75, 3.05) is 12.8 Å². The Labute approximate surface area is 136 Å². The van der Waals surface area contributed by atoms with Gasteiger partial charge in [0.05, 0.1) is 6.26 Å². The molecule has 122 valence electrons. The van der Waals surface area contributed by atoms with E-state index in [0.717, 1.165) is 29.5 Å². The van der Waals surface area contributed by atoms with Crippen LogP contribution in [-0.4, -0.2) is 36.4 Å². The Morgan fingerprint density at radius 1 is 1.41 bits per heavy atom. The fourth-order valence-corrected chi connectivity index (χ4v) is 3.45. The highest BCUT2D eigenvalue weighted by Gasteiger charge is 2.30. The normalized spacial score (nSPS) is 18.2. The molecule has 1 aromatic heterocycles. The Balaban J connectivity index is 0.00000176.